The average molecular weight is 224 g/mol. The lowest BCUT2D eigenvalue weighted by molar-refractivity contribution is 0.113. The molecular formula is C14H28N2. The number of nitrogens with zero attached hydrogens (tertiary/aromatic N) is 1. The van der Waals surface area contributed by atoms with Crippen molar-refractivity contribution in [2.45, 2.75) is 57.4 Å². The van der Waals surface area contributed by atoms with Gasteiger partial charge in [0.1, 0.15) is 0 Å². The summed E-state index contributed by atoms with van der Waals surface area (Å²) in [6, 6.07) is 0.936. The van der Waals surface area contributed by atoms with E-state index in [0.717, 1.165) is 12.0 Å². The fourth-order valence-electron chi connectivity index (χ4n) is 3.43. The molecule has 2 fully saturated rings. The smallest absolute Gasteiger partial charge is 0.00954 e. The molecule has 0 bridgehead atoms. The van der Waals surface area contributed by atoms with E-state index < -0.39 is 0 Å². The largest absolute Gasteiger partial charge is 0.320 e. The molecule has 2 heteroatoms. The van der Waals surface area contributed by atoms with Crippen molar-refractivity contribution in [1.29, 1.82) is 0 Å². The summed E-state index contributed by atoms with van der Waals surface area (Å²) in [6.07, 6.45) is 11.6. The molecule has 0 aromatic carbocycles. The van der Waals surface area contributed by atoms with Crippen LogP contribution in [-0.2, 0) is 0 Å². The zero-order valence-corrected chi connectivity index (χ0v) is 10.9. The van der Waals surface area contributed by atoms with Crippen LogP contribution < -0.4 is 5.32 Å². The van der Waals surface area contributed by atoms with Gasteiger partial charge in [-0.2, -0.15) is 0 Å². The highest BCUT2D eigenvalue weighted by atomic mass is 15.2. The van der Waals surface area contributed by atoms with Crippen LogP contribution in [0.25, 0.3) is 0 Å². The summed E-state index contributed by atoms with van der Waals surface area (Å²) >= 11 is 0. The summed E-state index contributed by atoms with van der Waals surface area (Å²) in [7, 11) is 2.07. The van der Waals surface area contributed by atoms with Crippen molar-refractivity contribution in [2.24, 2.45) is 5.92 Å². The van der Waals surface area contributed by atoms with Gasteiger partial charge in [-0.15, -0.1) is 0 Å². The van der Waals surface area contributed by atoms with Gasteiger partial charge in [-0.1, -0.05) is 6.42 Å². The van der Waals surface area contributed by atoms with Crippen LogP contribution in [0.15, 0.2) is 0 Å². The van der Waals surface area contributed by atoms with Crippen LogP contribution in [0, 0.1) is 5.92 Å². The van der Waals surface area contributed by atoms with Crippen LogP contribution in [0.2, 0.25) is 0 Å². The molecule has 1 aliphatic heterocycles. The first-order valence-corrected chi connectivity index (χ1v) is 7.29. The molecule has 1 N–H and O–H groups in total. The Hall–Kier alpha value is -0.0800. The average Bonchev–Trinajstić information content (AvgIpc) is 2.38. The predicted octanol–water partition coefficient (Wildman–Crippen LogP) is 2.64. The number of nitrogens with one attached hydrogen (secondary N) is 1. The second-order valence-corrected chi connectivity index (χ2v) is 5.66. The van der Waals surface area contributed by atoms with Crippen molar-refractivity contribution >= 4 is 0 Å². The first kappa shape index (κ1) is 12.4. The second kappa shape index (κ2) is 6.61. The minimum atomic E-state index is 0.936. The van der Waals surface area contributed by atoms with Crippen LogP contribution in [-0.4, -0.2) is 37.6 Å². The molecule has 16 heavy (non-hydrogen) atoms. The molecule has 0 unspecified atom stereocenters. The first-order chi connectivity index (χ1) is 7.90. The van der Waals surface area contributed by atoms with E-state index in [4.69, 9.17) is 0 Å². The van der Waals surface area contributed by atoms with E-state index >= 15 is 0 Å². The maximum atomic E-state index is 3.28. The highest BCUT2D eigenvalue weighted by Crippen LogP contribution is 2.30. The third-order valence-electron chi connectivity index (χ3n) is 4.53. The zero-order valence-electron chi connectivity index (χ0n) is 10.9. The van der Waals surface area contributed by atoms with Crippen molar-refractivity contribution in [1.82, 2.24) is 10.2 Å². The topological polar surface area (TPSA) is 15.3 Å². The molecule has 1 saturated carbocycles. The Morgan fingerprint density at radius 1 is 1.00 bits per heavy atom. The second-order valence-electron chi connectivity index (χ2n) is 5.66. The summed E-state index contributed by atoms with van der Waals surface area (Å²) in [5.74, 6) is 1.01. The lowest BCUT2D eigenvalue weighted by Crippen LogP contribution is -2.41. The molecule has 1 aliphatic carbocycles. The summed E-state index contributed by atoms with van der Waals surface area (Å²) in [6.45, 7) is 3.97. The Bertz CT molecular complexity index is 179. The quantitative estimate of drug-likeness (QED) is 0.790. The van der Waals surface area contributed by atoms with Gasteiger partial charge in [-0.3, -0.25) is 0 Å². The van der Waals surface area contributed by atoms with Gasteiger partial charge in [0.2, 0.25) is 0 Å². The van der Waals surface area contributed by atoms with E-state index in [9.17, 15) is 0 Å². The molecule has 2 nitrogen and oxygen atoms in total. The minimum Gasteiger partial charge on any atom is -0.320 e. The Balaban J connectivity index is 1.67. The van der Waals surface area contributed by atoms with E-state index in [0.29, 0.717) is 0 Å². The fourth-order valence-corrected chi connectivity index (χ4v) is 3.43. The molecule has 0 radical (unpaired) electrons. The third-order valence-corrected chi connectivity index (χ3v) is 4.53. The number of hydrogen-bond donors (Lipinski definition) is 1. The van der Waals surface area contributed by atoms with E-state index in [-0.39, 0.29) is 0 Å². The van der Waals surface area contributed by atoms with Gasteiger partial charge in [0, 0.05) is 6.04 Å². The third kappa shape index (κ3) is 3.46. The fraction of sp³-hybridized carbons (Fsp3) is 1.00. The van der Waals surface area contributed by atoms with Crippen LogP contribution >= 0.6 is 0 Å². The Kier molecular flexibility index (Phi) is 5.11. The monoisotopic (exact) mass is 224 g/mol. The Morgan fingerprint density at radius 2 is 1.69 bits per heavy atom. The van der Waals surface area contributed by atoms with Gasteiger partial charge < -0.3 is 10.2 Å². The van der Waals surface area contributed by atoms with E-state index in [1.165, 1.54) is 71.0 Å². The standard InChI is InChI=1S/C14H28N2/c1-15-10-9-13-5-7-14(8-6-13)16-11-3-2-4-12-16/h13-15H,2-12H2,1H3. The van der Waals surface area contributed by atoms with Crippen LogP contribution in [0.5, 0.6) is 0 Å². The summed E-state index contributed by atoms with van der Waals surface area (Å²) < 4.78 is 0. The SMILES string of the molecule is CNCCC1CCC(N2CCCCC2)CC1. The van der Waals surface area contributed by atoms with Crippen molar-refractivity contribution in [3.8, 4) is 0 Å². The molecule has 0 spiro atoms. The number of hydrogen-bond acceptors (Lipinski definition) is 2. The van der Waals surface area contributed by atoms with Crippen LogP contribution in [0.4, 0.5) is 0 Å². The Morgan fingerprint density at radius 3 is 2.31 bits per heavy atom. The van der Waals surface area contributed by atoms with E-state index in [1.54, 1.807) is 0 Å². The van der Waals surface area contributed by atoms with Gasteiger partial charge in [-0.25, -0.2) is 0 Å². The zero-order chi connectivity index (χ0) is 11.2. The van der Waals surface area contributed by atoms with Crippen LogP contribution in [0.3, 0.4) is 0 Å². The molecule has 0 atom stereocenters. The van der Waals surface area contributed by atoms with Crippen LogP contribution in [0.1, 0.15) is 51.4 Å². The minimum absolute atomic E-state index is 0.936. The molecule has 0 aromatic rings. The molecule has 0 amide bonds. The highest BCUT2D eigenvalue weighted by Gasteiger charge is 2.26. The van der Waals surface area contributed by atoms with Gasteiger partial charge in [0.25, 0.3) is 0 Å². The number of piperidine rings is 1. The lowest BCUT2D eigenvalue weighted by atomic mass is 9.83. The van der Waals surface area contributed by atoms with Gasteiger partial charge in [-0.05, 0) is 77.5 Å². The molecule has 94 valence electrons. The molecular weight excluding hydrogens is 196 g/mol. The van der Waals surface area contributed by atoms with E-state index in [1.807, 2.05) is 0 Å². The van der Waals surface area contributed by atoms with Crippen molar-refractivity contribution in [3.63, 3.8) is 0 Å². The van der Waals surface area contributed by atoms with Crippen molar-refractivity contribution < 1.29 is 0 Å². The summed E-state index contributed by atoms with van der Waals surface area (Å²) in [4.78, 5) is 2.78. The maximum Gasteiger partial charge on any atom is 0.00954 e. The van der Waals surface area contributed by atoms with Gasteiger partial charge in [0.15, 0.2) is 0 Å². The molecule has 0 aromatic heterocycles. The molecule has 1 heterocycles. The van der Waals surface area contributed by atoms with Crippen molar-refractivity contribution in [2.75, 3.05) is 26.7 Å². The predicted molar refractivity (Wildman–Crippen MR) is 69.7 cm³/mol. The highest BCUT2D eigenvalue weighted by molar-refractivity contribution is 4.81. The Labute approximate surface area is 101 Å². The molecule has 2 rings (SSSR count). The molecule has 1 saturated heterocycles. The molecule has 2 aliphatic rings. The van der Waals surface area contributed by atoms with E-state index in [2.05, 4.69) is 17.3 Å². The maximum absolute atomic E-state index is 3.28. The lowest BCUT2D eigenvalue weighted by Gasteiger charge is -2.39. The number of likely N-dealkylation sites (tertiary alicyclic amines) is 1. The number of rotatable bonds is 4. The summed E-state index contributed by atoms with van der Waals surface area (Å²) in [5.41, 5.74) is 0. The summed E-state index contributed by atoms with van der Waals surface area (Å²) in [5, 5.41) is 3.28. The van der Waals surface area contributed by atoms with Gasteiger partial charge in [0.05, 0.1) is 0 Å². The van der Waals surface area contributed by atoms with Gasteiger partial charge >= 0.3 is 0 Å². The van der Waals surface area contributed by atoms with Crippen molar-refractivity contribution in [3.05, 3.63) is 0 Å². The normalized spacial score (nSPS) is 32.8. The first-order valence-electron chi connectivity index (χ1n) is 7.29.